The van der Waals surface area contributed by atoms with Gasteiger partial charge in [-0.2, -0.15) is 0 Å². The van der Waals surface area contributed by atoms with Crippen LogP contribution in [0.1, 0.15) is 30.4 Å². The van der Waals surface area contributed by atoms with Gasteiger partial charge in [0.1, 0.15) is 0 Å². The second kappa shape index (κ2) is 3.49. The molecule has 3 rings (SSSR count). The average molecular weight is 199 g/mol. The average Bonchev–Trinajstić information content (AvgIpc) is 2.59. The van der Waals surface area contributed by atoms with E-state index in [1.165, 1.54) is 30.4 Å². The van der Waals surface area contributed by atoms with E-state index in [1.54, 1.807) is 5.57 Å². The second-order valence-electron chi connectivity index (χ2n) is 4.81. The van der Waals surface area contributed by atoms with Crippen molar-refractivity contribution >= 4 is 5.57 Å². The lowest BCUT2D eigenvalue weighted by Crippen LogP contribution is -2.31. The molecule has 2 heterocycles. The minimum Gasteiger partial charge on any atom is -0.307 e. The normalized spacial score (nSPS) is 29.0. The van der Waals surface area contributed by atoms with Gasteiger partial charge in [0.2, 0.25) is 0 Å². The van der Waals surface area contributed by atoms with E-state index in [9.17, 15) is 0 Å². The molecular weight excluding hydrogens is 182 g/mol. The van der Waals surface area contributed by atoms with Gasteiger partial charge >= 0.3 is 0 Å². The number of hydrogen-bond donors (Lipinski definition) is 1. The number of rotatable bonds is 1. The molecule has 1 N–H and O–H groups in total. The summed E-state index contributed by atoms with van der Waals surface area (Å²) in [6.45, 7) is 2.14. The summed E-state index contributed by atoms with van der Waals surface area (Å²) in [5, 5.41) is 3.63. The van der Waals surface area contributed by atoms with Gasteiger partial charge in [-0.3, -0.25) is 0 Å². The molecule has 2 aliphatic rings. The molecule has 1 aromatic carbocycles. The molecule has 0 radical (unpaired) electrons. The first-order valence-electron chi connectivity index (χ1n) is 5.85. The zero-order chi connectivity index (χ0) is 10.3. The van der Waals surface area contributed by atoms with Gasteiger partial charge in [0, 0.05) is 12.1 Å². The van der Waals surface area contributed by atoms with E-state index in [0.29, 0.717) is 6.04 Å². The Morgan fingerprint density at radius 2 is 1.93 bits per heavy atom. The molecule has 1 aromatic rings. The maximum atomic E-state index is 3.63. The second-order valence-corrected chi connectivity index (χ2v) is 4.81. The molecule has 1 saturated heterocycles. The molecule has 0 spiro atoms. The number of benzene rings is 1. The van der Waals surface area contributed by atoms with Crippen LogP contribution in [0.15, 0.2) is 30.3 Å². The first-order chi connectivity index (χ1) is 7.31. The van der Waals surface area contributed by atoms with Gasteiger partial charge in [-0.15, -0.1) is 0 Å². The van der Waals surface area contributed by atoms with Crippen molar-refractivity contribution in [1.82, 2.24) is 5.32 Å². The van der Waals surface area contributed by atoms with Crippen molar-refractivity contribution in [3.05, 3.63) is 41.5 Å². The summed E-state index contributed by atoms with van der Waals surface area (Å²) in [6.07, 6.45) is 6.30. The van der Waals surface area contributed by atoms with Gasteiger partial charge in [0.25, 0.3) is 0 Å². The Morgan fingerprint density at radius 3 is 2.67 bits per heavy atom. The predicted molar refractivity (Wildman–Crippen MR) is 63.7 cm³/mol. The Labute approximate surface area is 91.2 Å². The van der Waals surface area contributed by atoms with Crippen molar-refractivity contribution < 1.29 is 0 Å². The van der Waals surface area contributed by atoms with Gasteiger partial charge < -0.3 is 5.32 Å². The first-order valence-corrected chi connectivity index (χ1v) is 5.85. The van der Waals surface area contributed by atoms with E-state index in [1.807, 2.05) is 0 Å². The molecule has 2 bridgehead atoms. The van der Waals surface area contributed by atoms with Gasteiger partial charge in [-0.1, -0.05) is 35.9 Å². The zero-order valence-electron chi connectivity index (χ0n) is 9.16. The highest BCUT2D eigenvalue weighted by molar-refractivity contribution is 5.68. The highest BCUT2D eigenvalue weighted by Gasteiger charge is 2.27. The predicted octanol–water partition coefficient (Wildman–Crippen LogP) is 2.90. The molecule has 0 aromatic heterocycles. The third-order valence-electron chi connectivity index (χ3n) is 3.57. The SMILES string of the molecule is Cc1ccc(C2=CC3CCC(C2)N3)cc1. The Morgan fingerprint density at radius 1 is 1.13 bits per heavy atom. The van der Waals surface area contributed by atoms with Crippen LogP contribution in [0.25, 0.3) is 5.57 Å². The zero-order valence-corrected chi connectivity index (χ0v) is 9.16. The number of fused-ring (bicyclic) bond motifs is 2. The molecule has 1 nitrogen and oxygen atoms in total. The largest absolute Gasteiger partial charge is 0.307 e. The Kier molecular flexibility index (Phi) is 2.14. The van der Waals surface area contributed by atoms with Crippen LogP contribution in [0.2, 0.25) is 0 Å². The molecule has 2 aliphatic heterocycles. The van der Waals surface area contributed by atoms with Crippen molar-refractivity contribution in [3.8, 4) is 0 Å². The lowest BCUT2D eigenvalue weighted by atomic mass is 9.96. The molecule has 1 heteroatoms. The van der Waals surface area contributed by atoms with E-state index in [0.717, 1.165) is 6.04 Å². The summed E-state index contributed by atoms with van der Waals surface area (Å²) < 4.78 is 0. The topological polar surface area (TPSA) is 12.0 Å². The van der Waals surface area contributed by atoms with E-state index >= 15 is 0 Å². The van der Waals surface area contributed by atoms with Gasteiger partial charge in [0.15, 0.2) is 0 Å². The fourth-order valence-electron chi connectivity index (χ4n) is 2.70. The highest BCUT2D eigenvalue weighted by atomic mass is 15.0. The molecule has 1 fully saturated rings. The van der Waals surface area contributed by atoms with Crippen molar-refractivity contribution in [2.24, 2.45) is 0 Å². The van der Waals surface area contributed by atoms with E-state index < -0.39 is 0 Å². The monoisotopic (exact) mass is 199 g/mol. The summed E-state index contributed by atoms with van der Waals surface area (Å²) in [4.78, 5) is 0. The van der Waals surface area contributed by atoms with Crippen LogP contribution >= 0.6 is 0 Å². The fraction of sp³-hybridized carbons (Fsp3) is 0.429. The fourth-order valence-corrected chi connectivity index (χ4v) is 2.70. The Balaban J connectivity index is 1.91. The summed E-state index contributed by atoms with van der Waals surface area (Å²) in [5.41, 5.74) is 4.30. The van der Waals surface area contributed by atoms with E-state index in [4.69, 9.17) is 0 Å². The maximum absolute atomic E-state index is 3.63. The standard InChI is InChI=1S/C14H17N/c1-10-2-4-11(5-3-10)12-8-13-6-7-14(9-12)15-13/h2-5,8,13-15H,6-7,9H2,1H3. The maximum Gasteiger partial charge on any atom is 0.0259 e. The third kappa shape index (κ3) is 1.72. The van der Waals surface area contributed by atoms with Gasteiger partial charge in [-0.25, -0.2) is 0 Å². The highest BCUT2D eigenvalue weighted by Crippen LogP contribution is 2.31. The third-order valence-corrected chi connectivity index (χ3v) is 3.57. The van der Waals surface area contributed by atoms with Crippen LogP contribution in [0.5, 0.6) is 0 Å². The smallest absolute Gasteiger partial charge is 0.0259 e. The van der Waals surface area contributed by atoms with Crippen LogP contribution in [-0.2, 0) is 0 Å². The summed E-state index contributed by atoms with van der Waals surface area (Å²) in [6, 6.07) is 10.3. The number of hydrogen-bond acceptors (Lipinski definition) is 1. The molecule has 2 unspecified atom stereocenters. The summed E-state index contributed by atoms with van der Waals surface area (Å²) in [7, 11) is 0. The number of aryl methyl sites for hydroxylation is 1. The lowest BCUT2D eigenvalue weighted by Gasteiger charge is -2.21. The first kappa shape index (κ1) is 9.17. The van der Waals surface area contributed by atoms with Crippen LogP contribution in [0, 0.1) is 6.92 Å². The van der Waals surface area contributed by atoms with Crippen LogP contribution < -0.4 is 5.32 Å². The Bertz CT molecular complexity index is 388. The van der Waals surface area contributed by atoms with Crippen molar-refractivity contribution in [3.63, 3.8) is 0 Å². The Hall–Kier alpha value is -1.08. The van der Waals surface area contributed by atoms with Crippen molar-refractivity contribution in [1.29, 1.82) is 0 Å². The van der Waals surface area contributed by atoms with Crippen LogP contribution in [0.3, 0.4) is 0 Å². The number of nitrogens with one attached hydrogen (secondary N) is 1. The van der Waals surface area contributed by atoms with Crippen LogP contribution in [-0.4, -0.2) is 12.1 Å². The summed E-state index contributed by atoms with van der Waals surface area (Å²) in [5.74, 6) is 0. The minimum atomic E-state index is 0.639. The van der Waals surface area contributed by atoms with Gasteiger partial charge in [0.05, 0.1) is 0 Å². The van der Waals surface area contributed by atoms with Crippen molar-refractivity contribution in [2.45, 2.75) is 38.3 Å². The lowest BCUT2D eigenvalue weighted by molar-refractivity contribution is 0.575. The van der Waals surface area contributed by atoms with Crippen molar-refractivity contribution in [2.75, 3.05) is 0 Å². The molecule has 0 amide bonds. The molecule has 2 atom stereocenters. The quantitative estimate of drug-likeness (QED) is 0.733. The molecule has 15 heavy (non-hydrogen) atoms. The molecular formula is C14H17N. The minimum absolute atomic E-state index is 0.639. The van der Waals surface area contributed by atoms with E-state index in [-0.39, 0.29) is 0 Å². The van der Waals surface area contributed by atoms with Gasteiger partial charge in [-0.05, 0) is 37.3 Å². The summed E-state index contributed by atoms with van der Waals surface area (Å²) >= 11 is 0. The van der Waals surface area contributed by atoms with E-state index in [2.05, 4.69) is 42.6 Å². The molecule has 78 valence electrons. The molecule has 0 aliphatic carbocycles. The molecule has 0 saturated carbocycles. The van der Waals surface area contributed by atoms with Crippen LogP contribution in [0.4, 0.5) is 0 Å².